The number of benzene rings is 3. The molecule has 3 aliphatic rings. The van der Waals surface area contributed by atoms with Gasteiger partial charge < -0.3 is 35.0 Å². The maximum atomic E-state index is 13.5. The second kappa shape index (κ2) is 7.55. The summed E-state index contributed by atoms with van der Waals surface area (Å²) in [6.07, 6.45) is -3.60. The zero-order valence-electron chi connectivity index (χ0n) is 19.5. The normalized spacial score (nSPS) is 21.3. The van der Waals surface area contributed by atoms with Crippen molar-refractivity contribution in [3.05, 3.63) is 68.8 Å². The molecule has 0 bridgehead atoms. The second-order valence-corrected chi connectivity index (χ2v) is 9.28. The molecule has 1 aliphatic heterocycles. The molecule has 1 heterocycles. The Morgan fingerprint density at radius 3 is 2.30 bits per heavy atom. The molecule has 188 valence electrons. The smallest absolute Gasteiger partial charge is 0.342 e. The van der Waals surface area contributed by atoms with Gasteiger partial charge in [-0.1, -0.05) is 18.2 Å². The molecule has 37 heavy (non-hydrogen) atoms. The van der Waals surface area contributed by atoms with Crippen LogP contribution in [0.25, 0.3) is 11.1 Å². The number of phenolic OH excluding ortho intramolecular Hbond substituents is 3. The molecule has 10 heteroatoms. The maximum Gasteiger partial charge on any atom is 0.342 e. The van der Waals surface area contributed by atoms with Crippen LogP contribution in [0.4, 0.5) is 0 Å². The van der Waals surface area contributed by atoms with Crippen molar-refractivity contribution in [2.75, 3.05) is 7.11 Å². The molecule has 0 fully saturated rings. The lowest BCUT2D eigenvalue weighted by Gasteiger charge is -2.34. The van der Waals surface area contributed by atoms with E-state index in [-0.39, 0.29) is 56.7 Å². The van der Waals surface area contributed by atoms with E-state index in [1.54, 1.807) is 0 Å². The summed E-state index contributed by atoms with van der Waals surface area (Å²) in [6.45, 7) is 1.49. The van der Waals surface area contributed by atoms with Crippen molar-refractivity contribution in [2.24, 2.45) is 0 Å². The van der Waals surface area contributed by atoms with Crippen molar-refractivity contribution in [2.45, 2.75) is 31.7 Å². The minimum atomic E-state index is -1.36. The van der Waals surface area contributed by atoms with Gasteiger partial charge in [-0.05, 0) is 18.6 Å². The first-order valence-corrected chi connectivity index (χ1v) is 11.4. The Morgan fingerprint density at radius 1 is 0.892 bits per heavy atom. The van der Waals surface area contributed by atoms with Crippen molar-refractivity contribution < 1.29 is 49.4 Å². The summed E-state index contributed by atoms with van der Waals surface area (Å²) in [5, 5.41) is 54.8. The summed E-state index contributed by atoms with van der Waals surface area (Å²) in [4.78, 5) is 39.7. The van der Waals surface area contributed by atoms with E-state index in [2.05, 4.69) is 0 Å². The van der Waals surface area contributed by atoms with Crippen LogP contribution in [0, 0.1) is 0 Å². The molecule has 6 rings (SSSR count). The number of carbonyl (C=O) groups is 3. The van der Waals surface area contributed by atoms with E-state index in [0.29, 0.717) is 5.56 Å². The van der Waals surface area contributed by atoms with Crippen LogP contribution in [0.2, 0.25) is 0 Å². The lowest BCUT2D eigenvalue weighted by molar-refractivity contribution is -0.0217. The van der Waals surface area contributed by atoms with Crippen LogP contribution in [0.5, 0.6) is 23.0 Å². The van der Waals surface area contributed by atoms with Crippen molar-refractivity contribution in [3.63, 3.8) is 0 Å². The molecule has 10 nitrogen and oxygen atoms in total. The first-order chi connectivity index (χ1) is 17.6. The summed E-state index contributed by atoms with van der Waals surface area (Å²) in [5.41, 5.74) is -1.37. The molecule has 0 amide bonds. The molecule has 0 spiro atoms. The fraction of sp³-hybridized carbons (Fsp3) is 0.222. The number of ether oxygens (including phenoxy) is 2. The van der Waals surface area contributed by atoms with Gasteiger partial charge in [-0.3, -0.25) is 9.59 Å². The molecular weight excluding hydrogens is 484 g/mol. The number of fused-ring (bicyclic) bond motifs is 6. The summed E-state index contributed by atoms with van der Waals surface area (Å²) in [7, 11) is 1.22. The topological polar surface area (TPSA) is 171 Å². The van der Waals surface area contributed by atoms with Crippen molar-refractivity contribution >= 4 is 17.5 Å². The lowest BCUT2D eigenvalue weighted by atomic mass is 9.74. The van der Waals surface area contributed by atoms with E-state index < -0.39 is 58.7 Å². The number of cyclic esters (lactones) is 1. The third-order valence-electron chi connectivity index (χ3n) is 7.31. The number of carbonyl (C=O) groups excluding carboxylic acids is 3. The monoisotopic (exact) mass is 504 g/mol. The number of phenols is 3. The number of rotatable bonds is 1. The average Bonchev–Trinajstić information content (AvgIpc) is 2.85. The summed E-state index contributed by atoms with van der Waals surface area (Å²) < 4.78 is 10.6. The molecule has 2 aliphatic carbocycles. The quantitative estimate of drug-likeness (QED) is 0.243. The van der Waals surface area contributed by atoms with Crippen molar-refractivity contribution in [3.8, 4) is 34.1 Å². The van der Waals surface area contributed by atoms with Gasteiger partial charge in [0.15, 0.2) is 5.78 Å². The van der Waals surface area contributed by atoms with Crippen LogP contribution in [-0.2, 0) is 11.2 Å². The van der Waals surface area contributed by atoms with Gasteiger partial charge in [-0.2, -0.15) is 0 Å². The van der Waals surface area contributed by atoms with Crippen LogP contribution >= 0.6 is 0 Å². The Balaban J connectivity index is 1.73. The Bertz CT molecular complexity index is 1600. The van der Waals surface area contributed by atoms with E-state index in [0.717, 1.165) is 0 Å². The molecule has 0 saturated carbocycles. The predicted molar refractivity (Wildman–Crippen MR) is 125 cm³/mol. The van der Waals surface area contributed by atoms with Gasteiger partial charge in [-0.25, -0.2) is 4.79 Å². The van der Waals surface area contributed by atoms with E-state index >= 15 is 0 Å². The highest BCUT2D eigenvalue weighted by Crippen LogP contribution is 2.57. The molecule has 0 saturated heterocycles. The Morgan fingerprint density at radius 2 is 1.59 bits per heavy atom. The molecule has 3 aromatic rings. The molecule has 0 aromatic heterocycles. The SMILES string of the molecule is COc1c2c(c(O)c3c1C(O)Cc1cc4c(c(O)c1-3)C(=O)O[C@@H](C)[C@@H]4O)C(=O)c1cccc(O)c1C2=O. The molecule has 0 radical (unpaired) electrons. The van der Waals surface area contributed by atoms with Crippen molar-refractivity contribution in [1.82, 2.24) is 0 Å². The van der Waals surface area contributed by atoms with E-state index in [4.69, 9.17) is 9.47 Å². The Labute approximate surface area is 208 Å². The molecule has 5 N–H and O–H groups in total. The van der Waals surface area contributed by atoms with Crippen LogP contribution < -0.4 is 4.74 Å². The molecule has 3 atom stereocenters. The van der Waals surface area contributed by atoms with Gasteiger partial charge in [-0.15, -0.1) is 0 Å². The van der Waals surface area contributed by atoms with Gasteiger partial charge >= 0.3 is 5.97 Å². The number of aromatic hydroxyl groups is 3. The Kier molecular flexibility index (Phi) is 4.69. The summed E-state index contributed by atoms with van der Waals surface area (Å²) in [5.74, 6) is -4.40. The predicted octanol–water partition coefficient (Wildman–Crippen LogP) is 2.44. The van der Waals surface area contributed by atoms with E-state index in [9.17, 15) is 39.9 Å². The van der Waals surface area contributed by atoms with Crippen LogP contribution in [0.15, 0.2) is 24.3 Å². The van der Waals surface area contributed by atoms with E-state index in [1.807, 2.05) is 0 Å². The number of aliphatic hydroxyl groups is 2. The van der Waals surface area contributed by atoms with Gasteiger partial charge in [0.2, 0.25) is 5.78 Å². The fourth-order valence-electron chi connectivity index (χ4n) is 5.67. The van der Waals surface area contributed by atoms with Crippen molar-refractivity contribution in [1.29, 1.82) is 0 Å². The van der Waals surface area contributed by atoms with Gasteiger partial charge in [0, 0.05) is 34.2 Å². The lowest BCUT2D eigenvalue weighted by Crippen LogP contribution is -2.31. The number of esters is 1. The highest BCUT2D eigenvalue weighted by molar-refractivity contribution is 6.32. The third-order valence-corrected chi connectivity index (χ3v) is 7.31. The highest BCUT2D eigenvalue weighted by atomic mass is 16.6. The largest absolute Gasteiger partial charge is 0.507 e. The average molecular weight is 504 g/mol. The van der Waals surface area contributed by atoms with Gasteiger partial charge in [0.25, 0.3) is 0 Å². The second-order valence-electron chi connectivity index (χ2n) is 9.28. The number of methoxy groups -OCH3 is 1. The zero-order valence-corrected chi connectivity index (χ0v) is 19.5. The minimum absolute atomic E-state index is 0.0571. The Hall–Kier alpha value is -4.41. The summed E-state index contributed by atoms with van der Waals surface area (Å²) in [6, 6.07) is 5.41. The third kappa shape index (κ3) is 2.79. The standard InChI is InChI=1S/C27H20O10/c1-8-21(30)11-6-9-7-13(29)17-18(14(9)23(32)16(11)27(35)37-8)25(34)19-20(26(17)36-2)24(33)15-10(22(19)31)4-3-5-12(15)28/h3-6,8,13,21,28-30,32,34H,7H2,1-2H3/t8-,13?,21-/m0/s1. The first-order valence-electron chi connectivity index (χ1n) is 11.4. The minimum Gasteiger partial charge on any atom is -0.507 e. The van der Waals surface area contributed by atoms with E-state index in [1.165, 1.54) is 38.3 Å². The number of hydrogen-bond donors (Lipinski definition) is 5. The van der Waals surface area contributed by atoms with Gasteiger partial charge in [0.05, 0.1) is 29.9 Å². The number of aliphatic hydroxyl groups excluding tert-OH is 2. The molecule has 3 aromatic carbocycles. The van der Waals surface area contributed by atoms with Crippen LogP contribution in [0.1, 0.15) is 78.0 Å². The summed E-state index contributed by atoms with van der Waals surface area (Å²) >= 11 is 0. The highest BCUT2D eigenvalue weighted by Gasteiger charge is 2.45. The molecular formula is C27H20O10. The number of hydrogen-bond acceptors (Lipinski definition) is 10. The first kappa shape index (κ1) is 23.0. The zero-order chi connectivity index (χ0) is 26.5. The van der Waals surface area contributed by atoms with Crippen LogP contribution in [-0.4, -0.2) is 56.3 Å². The maximum absolute atomic E-state index is 13.5. The van der Waals surface area contributed by atoms with Crippen LogP contribution in [0.3, 0.4) is 0 Å². The van der Waals surface area contributed by atoms with Gasteiger partial charge in [0.1, 0.15) is 40.8 Å². The number of ketones is 2. The fourth-order valence-corrected chi connectivity index (χ4v) is 5.67. The molecule has 1 unspecified atom stereocenters.